The van der Waals surface area contributed by atoms with Crippen molar-refractivity contribution in [2.24, 2.45) is 0 Å². The van der Waals surface area contributed by atoms with Gasteiger partial charge in [0.25, 0.3) is 0 Å². The lowest BCUT2D eigenvalue weighted by Gasteiger charge is -2.10. The maximum absolute atomic E-state index is 12.4. The SMILES string of the molecule is C[C@@H](C#N)OC(=O)c1cc(-c2ccc(Cl)s2)nc2ccccc12. The van der Waals surface area contributed by atoms with Crippen molar-refractivity contribution in [3.05, 3.63) is 52.4 Å². The molecule has 0 aliphatic heterocycles. The van der Waals surface area contributed by atoms with E-state index in [1.54, 1.807) is 18.2 Å². The predicted molar refractivity (Wildman–Crippen MR) is 90.6 cm³/mol. The van der Waals surface area contributed by atoms with E-state index in [-0.39, 0.29) is 0 Å². The molecule has 23 heavy (non-hydrogen) atoms. The van der Waals surface area contributed by atoms with Crippen molar-refractivity contribution in [3.8, 4) is 16.6 Å². The van der Waals surface area contributed by atoms with E-state index in [2.05, 4.69) is 4.98 Å². The van der Waals surface area contributed by atoms with Crippen LogP contribution in [0.5, 0.6) is 0 Å². The second-order valence-electron chi connectivity index (χ2n) is 4.85. The Kier molecular flexibility index (Phi) is 4.28. The molecule has 4 nitrogen and oxygen atoms in total. The highest BCUT2D eigenvalue weighted by Crippen LogP contribution is 2.32. The van der Waals surface area contributed by atoms with E-state index in [4.69, 9.17) is 21.6 Å². The summed E-state index contributed by atoms with van der Waals surface area (Å²) in [6.45, 7) is 1.53. The molecule has 0 saturated heterocycles. The number of benzene rings is 1. The van der Waals surface area contributed by atoms with Crippen molar-refractivity contribution in [1.82, 2.24) is 4.98 Å². The van der Waals surface area contributed by atoms with E-state index in [1.807, 2.05) is 30.3 Å². The van der Waals surface area contributed by atoms with Gasteiger partial charge in [-0.2, -0.15) is 5.26 Å². The first-order valence-corrected chi connectivity index (χ1v) is 8.04. The fourth-order valence-electron chi connectivity index (χ4n) is 2.17. The van der Waals surface area contributed by atoms with E-state index in [9.17, 15) is 4.79 Å². The zero-order valence-corrected chi connectivity index (χ0v) is 13.7. The third kappa shape index (κ3) is 3.19. The maximum Gasteiger partial charge on any atom is 0.340 e. The minimum Gasteiger partial charge on any atom is -0.444 e. The highest BCUT2D eigenvalue weighted by Gasteiger charge is 2.17. The predicted octanol–water partition coefficient (Wildman–Crippen LogP) is 4.69. The third-order valence-electron chi connectivity index (χ3n) is 3.23. The molecule has 0 fully saturated rings. The van der Waals surface area contributed by atoms with Crippen LogP contribution in [-0.2, 0) is 4.74 Å². The molecule has 0 aliphatic rings. The van der Waals surface area contributed by atoms with Crippen LogP contribution in [0.2, 0.25) is 4.34 Å². The van der Waals surface area contributed by atoms with Gasteiger partial charge in [0.05, 0.1) is 26.0 Å². The molecule has 114 valence electrons. The number of thiophene rings is 1. The minimum absolute atomic E-state index is 0.386. The number of carbonyl (C=O) groups excluding carboxylic acids is 1. The Labute approximate surface area is 141 Å². The van der Waals surface area contributed by atoms with Gasteiger partial charge in [0.2, 0.25) is 0 Å². The molecule has 1 atom stereocenters. The van der Waals surface area contributed by atoms with Gasteiger partial charge >= 0.3 is 5.97 Å². The Morgan fingerprint density at radius 3 is 2.83 bits per heavy atom. The first-order valence-electron chi connectivity index (χ1n) is 6.84. The molecule has 0 amide bonds. The Morgan fingerprint density at radius 2 is 2.13 bits per heavy atom. The second-order valence-corrected chi connectivity index (χ2v) is 6.57. The van der Waals surface area contributed by atoms with Crippen LogP contribution in [0.15, 0.2) is 42.5 Å². The van der Waals surface area contributed by atoms with E-state index in [0.29, 0.717) is 26.5 Å². The standard InChI is InChI=1S/C17H11ClN2O2S/c1-10(9-19)22-17(21)12-8-14(15-6-7-16(18)23-15)20-13-5-3-2-4-11(12)13/h2-8,10H,1H3/t10-/m0/s1. The van der Waals surface area contributed by atoms with Gasteiger partial charge in [0, 0.05) is 5.39 Å². The highest BCUT2D eigenvalue weighted by molar-refractivity contribution is 7.19. The van der Waals surface area contributed by atoms with Crippen LogP contribution in [0.4, 0.5) is 0 Å². The van der Waals surface area contributed by atoms with Crippen LogP contribution in [0.1, 0.15) is 17.3 Å². The van der Waals surface area contributed by atoms with Gasteiger partial charge in [-0.25, -0.2) is 9.78 Å². The number of carbonyl (C=O) groups is 1. The molecular weight excluding hydrogens is 332 g/mol. The fraction of sp³-hybridized carbons (Fsp3) is 0.118. The van der Waals surface area contributed by atoms with Crippen molar-refractivity contribution < 1.29 is 9.53 Å². The van der Waals surface area contributed by atoms with Gasteiger partial charge in [-0.1, -0.05) is 29.8 Å². The summed E-state index contributed by atoms with van der Waals surface area (Å²) in [4.78, 5) is 17.8. The number of hydrogen-bond donors (Lipinski definition) is 0. The summed E-state index contributed by atoms with van der Waals surface area (Å²) in [5, 5.41) is 9.52. The van der Waals surface area contributed by atoms with Crippen molar-refractivity contribution in [3.63, 3.8) is 0 Å². The van der Waals surface area contributed by atoms with Crippen molar-refractivity contribution in [2.75, 3.05) is 0 Å². The van der Waals surface area contributed by atoms with E-state index < -0.39 is 12.1 Å². The normalized spacial score (nSPS) is 11.9. The Balaban J connectivity index is 2.15. The average Bonchev–Trinajstić information content (AvgIpc) is 3.00. The van der Waals surface area contributed by atoms with Crippen molar-refractivity contribution in [1.29, 1.82) is 5.26 Å². The number of esters is 1. The molecular formula is C17H11ClN2O2S. The van der Waals surface area contributed by atoms with Crippen LogP contribution in [-0.4, -0.2) is 17.1 Å². The van der Waals surface area contributed by atoms with Crippen LogP contribution in [0, 0.1) is 11.3 Å². The molecule has 0 radical (unpaired) electrons. The summed E-state index contributed by atoms with van der Waals surface area (Å²) in [6, 6.07) is 14.5. The highest BCUT2D eigenvalue weighted by atomic mass is 35.5. The summed E-state index contributed by atoms with van der Waals surface area (Å²) < 4.78 is 5.79. The molecule has 0 spiro atoms. The molecule has 6 heteroatoms. The van der Waals surface area contributed by atoms with Crippen LogP contribution in [0.3, 0.4) is 0 Å². The van der Waals surface area contributed by atoms with Gasteiger partial charge in [-0.3, -0.25) is 0 Å². The summed E-state index contributed by atoms with van der Waals surface area (Å²) in [7, 11) is 0. The van der Waals surface area contributed by atoms with Crippen molar-refractivity contribution >= 4 is 39.8 Å². The molecule has 0 saturated carbocycles. The van der Waals surface area contributed by atoms with Gasteiger partial charge in [-0.05, 0) is 31.2 Å². The van der Waals surface area contributed by atoms with Crippen LogP contribution >= 0.6 is 22.9 Å². The molecule has 3 aromatic rings. The number of para-hydroxylation sites is 1. The summed E-state index contributed by atoms with van der Waals surface area (Å²) in [6.07, 6.45) is -0.811. The quantitative estimate of drug-likeness (QED) is 0.648. The zero-order valence-electron chi connectivity index (χ0n) is 12.1. The molecule has 2 aromatic heterocycles. The van der Waals surface area contributed by atoms with Crippen LogP contribution < -0.4 is 0 Å². The maximum atomic E-state index is 12.4. The van der Waals surface area contributed by atoms with E-state index in [0.717, 1.165) is 4.88 Å². The molecule has 0 unspecified atom stereocenters. The van der Waals surface area contributed by atoms with Gasteiger partial charge in [0.1, 0.15) is 6.07 Å². The average molecular weight is 343 g/mol. The molecule has 0 N–H and O–H groups in total. The summed E-state index contributed by atoms with van der Waals surface area (Å²) in [5.74, 6) is -0.540. The Bertz CT molecular complexity index is 930. The first-order chi connectivity index (χ1) is 11.1. The molecule has 2 heterocycles. The lowest BCUT2D eigenvalue weighted by atomic mass is 10.1. The number of ether oxygens (including phenoxy) is 1. The smallest absolute Gasteiger partial charge is 0.340 e. The first kappa shape index (κ1) is 15.5. The number of pyridine rings is 1. The number of nitrogens with zero attached hydrogens (tertiary/aromatic N) is 2. The number of rotatable bonds is 3. The number of aromatic nitrogens is 1. The van der Waals surface area contributed by atoms with Crippen molar-refractivity contribution in [2.45, 2.75) is 13.0 Å². The van der Waals surface area contributed by atoms with Gasteiger partial charge in [-0.15, -0.1) is 11.3 Å². The number of nitriles is 1. The number of hydrogen-bond acceptors (Lipinski definition) is 5. The lowest BCUT2D eigenvalue weighted by Crippen LogP contribution is -2.13. The lowest BCUT2D eigenvalue weighted by molar-refractivity contribution is 0.0438. The minimum atomic E-state index is -0.811. The second kappa shape index (κ2) is 6.37. The molecule has 3 rings (SSSR count). The number of fused-ring (bicyclic) bond motifs is 1. The number of halogens is 1. The van der Waals surface area contributed by atoms with E-state index in [1.165, 1.54) is 18.3 Å². The monoisotopic (exact) mass is 342 g/mol. The molecule has 1 aromatic carbocycles. The summed E-state index contributed by atoms with van der Waals surface area (Å²) >= 11 is 7.37. The zero-order chi connectivity index (χ0) is 16.4. The van der Waals surface area contributed by atoms with E-state index >= 15 is 0 Å². The topological polar surface area (TPSA) is 63.0 Å². The summed E-state index contributed by atoms with van der Waals surface area (Å²) in [5.41, 5.74) is 1.72. The van der Waals surface area contributed by atoms with Gasteiger partial charge < -0.3 is 4.74 Å². The fourth-order valence-corrected chi connectivity index (χ4v) is 3.18. The van der Waals surface area contributed by atoms with Crippen LogP contribution in [0.25, 0.3) is 21.5 Å². The molecule has 0 bridgehead atoms. The molecule has 0 aliphatic carbocycles. The largest absolute Gasteiger partial charge is 0.444 e. The Morgan fingerprint density at radius 1 is 1.35 bits per heavy atom. The van der Waals surface area contributed by atoms with Gasteiger partial charge in [0.15, 0.2) is 6.10 Å². The third-order valence-corrected chi connectivity index (χ3v) is 4.48. The Hall–Kier alpha value is -2.42.